The first kappa shape index (κ1) is 53.1. The van der Waals surface area contributed by atoms with Crippen LogP contribution in [0.5, 0.6) is 11.5 Å². The fourth-order valence-electron chi connectivity index (χ4n) is 8.01. The fraction of sp³-hybridized carbons (Fsp3) is 0.500. The molecule has 1 aliphatic heterocycles. The average Bonchev–Trinajstić information content (AvgIpc) is 3.31. The Morgan fingerprint density at radius 1 is 0.866 bits per heavy atom. The monoisotopic (exact) mass is 924 g/mol. The molecule has 6 amide bonds. The lowest BCUT2D eigenvalue weighted by Gasteiger charge is -2.33. The lowest BCUT2D eigenvalue weighted by molar-refractivity contribution is -0.142. The first-order chi connectivity index (χ1) is 32.3. The van der Waals surface area contributed by atoms with E-state index < -0.39 is 53.7 Å². The van der Waals surface area contributed by atoms with E-state index in [4.69, 9.17) is 20.9 Å². The zero-order valence-electron chi connectivity index (χ0n) is 39.6. The predicted molar refractivity (Wildman–Crippen MR) is 256 cm³/mol. The van der Waals surface area contributed by atoms with E-state index in [9.17, 15) is 34.0 Å². The lowest BCUT2D eigenvalue weighted by atomic mass is 9.93. The summed E-state index contributed by atoms with van der Waals surface area (Å²) < 4.78 is 12.2. The molecule has 0 aromatic heterocycles. The van der Waals surface area contributed by atoms with E-state index >= 15 is 0 Å². The molecule has 17 nitrogen and oxygen atoms in total. The first-order valence-corrected chi connectivity index (χ1v) is 23.4. The summed E-state index contributed by atoms with van der Waals surface area (Å²) in [7, 11) is 1.42. The Bertz CT molecular complexity index is 2230. The van der Waals surface area contributed by atoms with Gasteiger partial charge in [0.15, 0.2) is 0 Å². The van der Waals surface area contributed by atoms with Gasteiger partial charge >= 0.3 is 0 Å². The molecule has 0 spiro atoms. The Morgan fingerprint density at radius 2 is 1.54 bits per heavy atom. The highest BCUT2D eigenvalue weighted by molar-refractivity contribution is 6.00. The number of ether oxygens (including phenoxy) is 2. The minimum Gasteiger partial charge on any atom is -0.492 e. The maximum absolute atomic E-state index is 14.9. The van der Waals surface area contributed by atoms with Crippen molar-refractivity contribution < 1.29 is 38.2 Å². The summed E-state index contributed by atoms with van der Waals surface area (Å²) in [5, 5.41) is 22.7. The molecule has 1 aliphatic rings. The van der Waals surface area contributed by atoms with Gasteiger partial charge in [-0.15, -0.1) is 0 Å². The number of hydrogen-bond donors (Lipinski definition) is 7. The molecule has 4 bridgehead atoms. The van der Waals surface area contributed by atoms with Crippen LogP contribution in [0.25, 0.3) is 11.1 Å². The van der Waals surface area contributed by atoms with Gasteiger partial charge in [0.2, 0.25) is 29.5 Å². The van der Waals surface area contributed by atoms with Crippen molar-refractivity contribution in [2.24, 2.45) is 11.5 Å². The van der Waals surface area contributed by atoms with E-state index in [2.05, 4.69) is 33.5 Å². The van der Waals surface area contributed by atoms with Crippen LogP contribution in [0.15, 0.2) is 54.6 Å². The van der Waals surface area contributed by atoms with Crippen molar-refractivity contribution in [2.75, 3.05) is 46.4 Å². The van der Waals surface area contributed by atoms with Crippen molar-refractivity contribution in [3.63, 3.8) is 0 Å². The molecule has 0 saturated carbocycles. The number of amides is 6. The van der Waals surface area contributed by atoms with Crippen LogP contribution < -0.4 is 47.5 Å². The predicted octanol–water partition coefficient (Wildman–Crippen LogP) is 3.64. The molecular weight excluding hydrogens is 855 g/mol. The minimum absolute atomic E-state index is 0.00136. The zero-order chi connectivity index (χ0) is 48.9. The number of nitriles is 1. The van der Waals surface area contributed by atoms with Crippen LogP contribution in [0.4, 0.5) is 0 Å². The van der Waals surface area contributed by atoms with Gasteiger partial charge in [0.05, 0.1) is 6.07 Å². The fourth-order valence-corrected chi connectivity index (χ4v) is 8.01. The summed E-state index contributed by atoms with van der Waals surface area (Å²) >= 11 is 0. The van der Waals surface area contributed by atoms with Gasteiger partial charge in [0.25, 0.3) is 5.91 Å². The van der Waals surface area contributed by atoms with Gasteiger partial charge in [-0.3, -0.25) is 28.8 Å². The molecule has 362 valence electrons. The molecule has 0 fully saturated rings. The topological polar surface area (TPSA) is 260 Å². The Labute approximate surface area is 394 Å². The van der Waals surface area contributed by atoms with Crippen LogP contribution in [0.1, 0.15) is 111 Å². The molecule has 17 heteroatoms. The molecule has 0 aliphatic carbocycles. The number of aryl methyl sites for hydroxylation is 2. The summed E-state index contributed by atoms with van der Waals surface area (Å²) in [6.07, 6.45) is 7.67. The third-order valence-corrected chi connectivity index (χ3v) is 11.5. The van der Waals surface area contributed by atoms with Crippen molar-refractivity contribution in [3.05, 3.63) is 82.4 Å². The first-order valence-electron chi connectivity index (χ1n) is 23.4. The second kappa shape index (κ2) is 27.2. The molecule has 3 unspecified atom stereocenters. The maximum Gasteiger partial charge on any atom is 0.252 e. The standard InChI is InChI=1S/C50H69N9O8/c1-6-8-9-10-11-12-13-34-14-17-37(32(3)28-34)47(62)57-40(18-21-44(60)54-7-2)50(65)59(5)45-36-16-20-43(67-27-24-53)39(31-36)38-29-35(15-19-42(38)66-26-23-52)30-41(48(63)55-25-22-51)58-46(61)33(4)56-49(45)64/h14-17,19-20,28-29,31,33,40-41,45H,6-13,18,21,23-27,30,52-53H2,1-5H3,(H,54,60)(H,55,63)(H,56,64)(H,57,62)(H,58,61)/t33?,40-,41?,45?/m0/s1. The number of unbranched alkanes of at least 4 members (excludes halogenated alkanes) is 5. The summed E-state index contributed by atoms with van der Waals surface area (Å²) in [6, 6.07) is 12.6. The number of hydrogen-bond acceptors (Lipinski definition) is 11. The molecule has 4 rings (SSSR count). The van der Waals surface area contributed by atoms with Gasteiger partial charge < -0.3 is 52.4 Å². The van der Waals surface area contributed by atoms with Gasteiger partial charge in [-0.05, 0) is 92.6 Å². The highest BCUT2D eigenvalue weighted by Crippen LogP contribution is 2.40. The molecule has 9 N–H and O–H groups in total. The number of nitrogens with zero attached hydrogens (tertiary/aromatic N) is 2. The van der Waals surface area contributed by atoms with Crippen LogP contribution in [-0.4, -0.2) is 105 Å². The van der Waals surface area contributed by atoms with Crippen LogP contribution in [0.3, 0.4) is 0 Å². The molecular formula is C50H69N9O8. The zero-order valence-corrected chi connectivity index (χ0v) is 39.6. The van der Waals surface area contributed by atoms with E-state index in [-0.39, 0.29) is 58.0 Å². The largest absolute Gasteiger partial charge is 0.492 e. The smallest absolute Gasteiger partial charge is 0.252 e. The molecule has 4 atom stereocenters. The van der Waals surface area contributed by atoms with Gasteiger partial charge in [0, 0.05) is 56.2 Å². The minimum atomic E-state index is -1.42. The summed E-state index contributed by atoms with van der Waals surface area (Å²) in [6.45, 7) is 7.96. The van der Waals surface area contributed by atoms with Gasteiger partial charge in [0.1, 0.15) is 55.4 Å². The number of carbonyl (C=O) groups excluding carboxylic acids is 6. The van der Waals surface area contributed by atoms with E-state index in [1.165, 1.54) is 44.6 Å². The van der Waals surface area contributed by atoms with Gasteiger partial charge in [-0.1, -0.05) is 63.3 Å². The van der Waals surface area contributed by atoms with Gasteiger partial charge in [-0.25, -0.2) is 0 Å². The highest BCUT2D eigenvalue weighted by Gasteiger charge is 2.36. The Morgan fingerprint density at radius 3 is 2.19 bits per heavy atom. The second-order valence-corrected chi connectivity index (χ2v) is 16.8. The SMILES string of the molecule is CCCCCCCCc1ccc(C(=O)N[C@@H](CCC(=O)NCC)C(=O)N(C)C2C(=O)NC(C)C(=O)NC(C(=O)NCC#N)Cc3ccc(OCCN)c(c3)-c3cc2ccc3OCCN)c(C)c1. The van der Waals surface area contributed by atoms with Crippen molar-refractivity contribution in [2.45, 2.75) is 116 Å². The second-order valence-electron chi connectivity index (χ2n) is 16.8. The summed E-state index contributed by atoms with van der Waals surface area (Å²) in [5.74, 6) is -2.85. The maximum atomic E-state index is 14.9. The number of nitrogens with one attached hydrogen (secondary N) is 5. The third kappa shape index (κ3) is 15.5. The lowest BCUT2D eigenvalue weighted by Crippen LogP contribution is -2.56. The molecule has 0 radical (unpaired) electrons. The van der Waals surface area contributed by atoms with E-state index in [1.54, 1.807) is 49.4 Å². The number of benzene rings is 3. The molecule has 67 heavy (non-hydrogen) atoms. The number of nitrogens with two attached hydrogens (primary N) is 2. The van der Waals surface area contributed by atoms with Crippen LogP contribution in [0, 0.1) is 18.3 Å². The van der Waals surface area contributed by atoms with E-state index in [0.717, 1.165) is 30.4 Å². The molecule has 0 saturated heterocycles. The quantitative estimate of drug-likeness (QED) is 0.0534. The van der Waals surface area contributed by atoms with Crippen LogP contribution in [-0.2, 0) is 36.8 Å². The van der Waals surface area contributed by atoms with Crippen LogP contribution in [0.2, 0.25) is 0 Å². The number of rotatable bonds is 23. The number of fused-ring (bicyclic) bond motifs is 5. The van der Waals surface area contributed by atoms with Crippen molar-refractivity contribution in [1.29, 1.82) is 5.26 Å². The highest BCUT2D eigenvalue weighted by atomic mass is 16.5. The third-order valence-electron chi connectivity index (χ3n) is 11.5. The Kier molecular flexibility index (Phi) is 21.6. The molecule has 1 heterocycles. The van der Waals surface area contributed by atoms with E-state index in [0.29, 0.717) is 45.9 Å². The number of likely N-dealkylation sites (N-methyl/N-ethyl adjacent to an activating group) is 1. The van der Waals surface area contributed by atoms with Crippen LogP contribution >= 0.6 is 0 Å². The summed E-state index contributed by atoms with van der Waals surface area (Å²) in [4.78, 5) is 84.8. The average molecular weight is 924 g/mol. The number of carbonyl (C=O) groups is 6. The summed E-state index contributed by atoms with van der Waals surface area (Å²) in [5.41, 5.74) is 15.8. The van der Waals surface area contributed by atoms with Crippen molar-refractivity contribution in [3.8, 4) is 28.7 Å². The Balaban J connectivity index is 1.81. The van der Waals surface area contributed by atoms with E-state index in [1.807, 2.05) is 25.1 Å². The van der Waals surface area contributed by atoms with Crippen molar-refractivity contribution in [1.82, 2.24) is 31.5 Å². The molecule has 3 aromatic carbocycles. The molecule has 3 aromatic rings. The van der Waals surface area contributed by atoms with Crippen molar-refractivity contribution >= 4 is 35.4 Å². The Hall–Kier alpha value is -6.51. The van der Waals surface area contributed by atoms with Gasteiger partial charge in [-0.2, -0.15) is 5.26 Å². The normalized spacial score (nSPS) is 16.2.